The molecule has 1 aromatic rings. The van der Waals surface area contributed by atoms with Crippen molar-refractivity contribution in [2.24, 2.45) is 17.8 Å². The molecule has 2 amide bonds. The lowest BCUT2D eigenvalue weighted by Crippen LogP contribution is -2.36. The summed E-state index contributed by atoms with van der Waals surface area (Å²) in [5, 5.41) is 0. The van der Waals surface area contributed by atoms with E-state index in [1.54, 1.807) is 0 Å². The van der Waals surface area contributed by atoms with Crippen LogP contribution in [0.5, 0.6) is 0 Å². The van der Waals surface area contributed by atoms with Gasteiger partial charge in [-0.25, -0.2) is 0 Å². The average Bonchev–Trinajstić information content (AvgIpc) is 3.19. The highest BCUT2D eigenvalue weighted by molar-refractivity contribution is 5.89. The second-order valence-electron chi connectivity index (χ2n) is 7.71. The Morgan fingerprint density at radius 1 is 1.00 bits per heavy atom. The summed E-state index contributed by atoms with van der Waals surface area (Å²) in [6, 6.07) is 10.0. The minimum absolute atomic E-state index is 0.119. The van der Waals surface area contributed by atoms with Gasteiger partial charge in [-0.1, -0.05) is 43.2 Å². The highest BCUT2D eigenvalue weighted by atomic mass is 16.2. The maximum Gasteiger partial charge on any atom is 0.228 e. The monoisotopic (exact) mass is 326 g/mol. The molecule has 3 unspecified atom stereocenters. The number of carbonyl (C=O) groups excluding carboxylic acids is 2. The van der Waals surface area contributed by atoms with Crippen molar-refractivity contribution in [1.29, 1.82) is 0 Å². The van der Waals surface area contributed by atoms with E-state index in [1.165, 1.54) is 25.7 Å². The summed E-state index contributed by atoms with van der Waals surface area (Å²) >= 11 is 0. The first kappa shape index (κ1) is 15.7. The van der Waals surface area contributed by atoms with Crippen LogP contribution in [-0.4, -0.2) is 41.2 Å². The van der Waals surface area contributed by atoms with Crippen LogP contribution in [0.1, 0.15) is 37.7 Å². The van der Waals surface area contributed by atoms with E-state index in [0.717, 1.165) is 18.7 Å². The molecule has 0 aromatic heterocycles. The number of rotatable bonds is 3. The molecule has 0 radical (unpaired) electrons. The summed E-state index contributed by atoms with van der Waals surface area (Å²) in [5.74, 6) is 1.61. The van der Waals surface area contributed by atoms with Crippen molar-refractivity contribution < 1.29 is 9.59 Å². The first-order valence-corrected chi connectivity index (χ1v) is 9.31. The molecule has 128 valence electrons. The first-order chi connectivity index (χ1) is 11.7. The van der Waals surface area contributed by atoms with Crippen molar-refractivity contribution in [3.05, 3.63) is 35.9 Å². The Bertz CT molecular complexity index is 601. The molecule has 1 aliphatic carbocycles. The molecule has 4 nitrogen and oxygen atoms in total. The Labute approximate surface area is 143 Å². The Morgan fingerprint density at radius 3 is 2.33 bits per heavy atom. The minimum atomic E-state index is -0.138. The molecule has 2 heterocycles. The number of hydrogen-bond donors (Lipinski definition) is 0. The number of benzene rings is 1. The number of hydrogen-bond acceptors (Lipinski definition) is 2. The molecule has 2 saturated heterocycles. The number of amides is 2. The van der Waals surface area contributed by atoms with Crippen LogP contribution in [0.3, 0.4) is 0 Å². The van der Waals surface area contributed by atoms with Gasteiger partial charge in [0, 0.05) is 32.6 Å². The predicted molar refractivity (Wildman–Crippen MR) is 92.0 cm³/mol. The zero-order valence-electron chi connectivity index (χ0n) is 14.2. The number of carbonyl (C=O) groups is 2. The molecule has 24 heavy (non-hydrogen) atoms. The maximum atomic E-state index is 12.9. The van der Waals surface area contributed by atoms with Crippen LogP contribution < -0.4 is 0 Å². The van der Waals surface area contributed by atoms with Gasteiger partial charge in [-0.05, 0) is 30.2 Å². The summed E-state index contributed by atoms with van der Waals surface area (Å²) in [6.07, 6.45) is 5.57. The summed E-state index contributed by atoms with van der Waals surface area (Å²) in [4.78, 5) is 29.1. The number of fused-ring (bicyclic) bond motifs is 1. The molecule has 2 aliphatic heterocycles. The van der Waals surface area contributed by atoms with Gasteiger partial charge < -0.3 is 9.80 Å². The van der Waals surface area contributed by atoms with Gasteiger partial charge in [-0.15, -0.1) is 0 Å². The molecule has 3 fully saturated rings. The third-order valence-electron chi connectivity index (χ3n) is 6.07. The summed E-state index contributed by atoms with van der Waals surface area (Å²) in [7, 11) is 0. The Balaban J connectivity index is 1.37. The standard InChI is InChI=1S/C20H26N2O2/c23-19-10-18(14-21(19)11-15-6-2-1-3-7-15)20(24)22-12-16-8-4-5-9-17(16)13-22/h1-3,6-7,16-18H,4-5,8-14H2. The number of nitrogens with zero attached hydrogens (tertiary/aromatic N) is 2. The van der Waals surface area contributed by atoms with E-state index in [-0.39, 0.29) is 17.7 Å². The Kier molecular flexibility index (Phi) is 4.30. The van der Waals surface area contributed by atoms with Gasteiger partial charge in [-0.2, -0.15) is 0 Å². The van der Waals surface area contributed by atoms with Gasteiger partial charge in [0.2, 0.25) is 11.8 Å². The SMILES string of the molecule is O=C1CC(C(=O)N2CC3CCCCC3C2)CN1Cc1ccccc1. The summed E-state index contributed by atoms with van der Waals surface area (Å²) in [6.45, 7) is 3.05. The summed E-state index contributed by atoms with van der Waals surface area (Å²) in [5.41, 5.74) is 1.13. The van der Waals surface area contributed by atoms with Crippen molar-refractivity contribution in [3.8, 4) is 0 Å². The van der Waals surface area contributed by atoms with Gasteiger partial charge in [0.25, 0.3) is 0 Å². The smallest absolute Gasteiger partial charge is 0.228 e. The van der Waals surface area contributed by atoms with Gasteiger partial charge in [0.05, 0.1) is 5.92 Å². The van der Waals surface area contributed by atoms with Crippen LogP contribution in [0.4, 0.5) is 0 Å². The van der Waals surface area contributed by atoms with Gasteiger partial charge in [0.15, 0.2) is 0 Å². The molecule has 4 rings (SSSR count). The number of likely N-dealkylation sites (tertiary alicyclic amines) is 2. The second-order valence-corrected chi connectivity index (χ2v) is 7.71. The Hall–Kier alpha value is -1.84. The van der Waals surface area contributed by atoms with Crippen molar-refractivity contribution in [2.45, 2.75) is 38.6 Å². The first-order valence-electron chi connectivity index (χ1n) is 9.31. The molecular weight excluding hydrogens is 300 g/mol. The molecular formula is C20H26N2O2. The predicted octanol–water partition coefficient (Wildman–Crippen LogP) is 2.68. The zero-order valence-corrected chi connectivity index (χ0v) is 14.2. The molecule has 3 aliphatic rings. The van der Waals surface area contributed by atoms with E-state index in [2.05, 4.69) is 4.90 Å². The quantitative estimate of drug-likeness (QED) is 0.857. The van der Waals surface area contributed by atoms with E-state index in [1.807, 2.05) is 35.2 Å². The normalized spacial score (nSPS) is 29.8. The van der Waals surface area contributed by atoms with Crippen LogP contribution in [0, 0.1) is 17.8 Å². The Morgan fingerprint density at radius 2 is 1.67 bits per heavy atom. The highest BCUT2D eigenvalue weighted by Gasteiger charge is 2.41. The van der Waals surface area contributed by atoms with Crippen LogP contribution in [-0.2, 0) is 16.1 Å². The fourth-order valence-corrected chi connectivity index (χ4v) is 4.74. The van der Waals surface area contributed by atoms with Gasteiger partial charge in [0.1, 0.15) is 0 Å². The van der Waals surface area contributed by atoms with Crippen LogP contribution in [0.25, 0.3) is 0 Å². The molecule has 0 N–H and O–H groups in total. The van der Waals surface area contributed by atoms with E-state index in [0.29, 0.717) is 31.3 Å². The van der Waals surface area contributed by atoms with E-state index in [4.69, 9.17) is 0 Å². The lowest BCUT2D eigenvalue weighted by molar-refractivity contribution is -0.135. The van der Waals surface area contributed by atoms with Crippen LogP contribution >= 0.6 is 0 Å². The topological polar surface area (TPSA) is 40.6 Å². The van der Waals surface area contributed by atoms with E-state index < -0.39 is 0 Å². The van der Waals surface area contributed by atoms with Crippen LogP contribution in [0.2, 0.25) is 0 Å². The van der Waals surface area contributed by atoms with E-state index in [9.17, 15) is 9.59 Å². The van der Waals surface area contributed by atoms with Gasteiger partial charge in [-0.3, -0.25) is 9.59 Å². The lowest BCUT2D eigenvalue weighted by atomic mass is 9.82. The molecule has 1 saturated carbocycles. The van der Waals surface area contributed by atoms with Crippen molar-refractivity contribution >= 4 is 11.8 Å². The third-order valence-corrected chi connectivity index (χ3v) is 6.07. The van der Waals surface area contributed by atoms with Crippen LogP contribution in [0.15, 0.2) is 30.3 Å². The molecule has 1 aromatic carbocycles. The van der Waals surface area contributed by atoms with E-state index >= 15 is 0 Å². The molecule has 3 atom stereocenters. The van der Waals surface area contributed by atoms with Crippen molar-refractivity contribution in [3.63, 3.8) is 0 Å². The van der Waals surface area contributed by atoms with Crippen molar-refractivity contribution in [2.75, 3.05) is 19.6 Å². The minimum Gasteiger partial charge on any atom is -0.342 e. The lowest BCUT2D eigenvalue weighted by Gasteiger charge is -2.22. The summed E-state index contributed by atoms with van der Waals surface area (Å²) < 4.78 is 0. The highest BCUT2D eigenvalue weighted by Crippen LogP contribution is 2.37. The van der Waals surface area contributed by atoms with Crippen molar-refractivity contribution in [1.82, 2.24) is 9.80 Å². The fourth-order valence-electron chi connectivity index (χ4n) is 4.74. The molecule has 0 spiro atoms. The zero-order chi connectivity index (χ0) is 16.5. The largest absolute Gasteiger partial charge is 0.342 e. The van der Waals surface area contributed by atoms with Gasteiger partial charge >= 0.3 is 0 Å². The second kappa shape index (κ2) is 6.58. The third kappa shape index (κ3) is 3.06. The molecule has 4 heteroatoms. The maximum absolute atomic E-state index is 12.9. The molecule has 0 bridgehead atoms. The fraction of sp³-hybridized carbons (Fsp3) is 0.600. The average molecular weight is 326 g/mol.